The largest absolute Gasteiger partial charge is 0.105 e. The standard InChI is InChI=1S/C24H24P2.4Ar/c1-3-15(2)17-8-11-20-18(14-17)10-13-22(26)24(20)23-19-7-5-4-6-16(19)9-12-21(23)25;;;;/h4-15H,3,25-26H2,1-2H3;;;;. The molecule has 4 aromatic carbocycles. The zero-order chi connectivity index (χ0) is 18.3. The topological polar surface area (TPSA) is 0 Å². The molecule has 0 bridgehead atoms. The predicted octanol–water partition coefficient (Wildman–Crippen LogP) is 6.17. The predicted molar refractivity (Wildman–Crippen MR) is 124 cm³/mol. The zero-order valence-corrected chi connectivity index (χ0v) is 21.8. The van der Waals surface area contributed by atoms with Crippen LogP contribution >= 0.6 is 18.5 Å². The Morgan fingerprint density at radius 1 is 0.667 bits per heavy atom. The molecule has 0 amide bonds. The van der Waals surface area contributed by atoms with Crippen LogP contribution in [0.25, 0.3) is 32.7 Å². The summed E-state index contributed by atoms with van der Waals surface area (Å²) in [6, 6.07) is 24.5. The van der Waals surface area contributed by atoms with Gasteiger partial charge >= 0.3 is 0 Å². The summed E-state index contributed by atoms with van der Waals surface area (Å²) < 4.78 is 0. The van der Waals surface area contributed by atoms with E-state index in [4.69, 9.17) is 0 Å². The molecular weight excluding hydrogens is 510 g/mol. The maximum atomic E-state index is 2.94. The van der Waals surface area contributed by atoms with Gasteiger partial charge < -0.3 is 0 Å². The van der Waals surface area contributed by atoms with Crippen molar-refractivity contribution in [1.82, 2.24) is 0 Å². The molecule has 0 aliphatic rings. The van der Waals surface area contributed by atoms with Gasteiger partial charge in [0.15, 0.2) is 0 Å². The molecule has 0 aliphatic carbocycles. The van der Waals surface area contributed by atoms with Crippen LogP contribution in [0, 0.1) is 151 Å². The number of hydrogen-bond acceptors (Lipinski definition) is 0. The Morgan fingerprint density at radius 3 is 1.80 bits per heavy atom. The van der Waals surface area contributed by atoms with Gasteiger partial charge in [0, 0.05) is 151 Å². The Bertz CT molecular complexity index is 1130. The molecule has 30 heavy (non-hydrogen) atoms. The van der Waals surface area contributed by atoms with Crippen molar-refractivity contribution < 1.29 is 151 Å². The number of benzene rings is 4. The Kier molecular flexibility index (Phi) is 17.1. The third kappa shape index (κ3) is 7.17. The molecular formula is C24H24Ar4P2. The molecule has 0 N–H and O–H groups in total. The van der Waals surface area contributed by atoms with Crippen LogP contribution in [0.1, 0.15) is 31.7 Å². The minimum Gasteiger partial charge on any atom is -0.105 e. The Balaban J connectivity index is 0.00000210. The third-order valence-corrected chi connectivity index (χ3v) is 6.43. The average molecular weight is 534 g/mol. The van der Waals surface area contributed by atoms with E-state index in [1.54, 1.807) is 0 Å². The van der Waals surface area contributed by atoms with Gasteiger partial charge in [-0.2, -0.15) is 0 Å². The normalized spacial score (nSPS) is 10.9. The third-order valence-electron chi connectivity index (χ3n) is 5.47. The number of fused-ring (bicyclic) bond motifs is 2. The molecule has 0 nitrogen and oxygen atoms in total. The van der Waals surface area contributed by atoms with Gasteiger partial charge in [-0.05, 0) is 61.2 Å². The van der Waals surface area contributed by atoms with E-state index < -0.39 is 0 Å². The van der Waals surface area contributed by atoms with E-state index in [-0.39, 0.29) is 151 Å². The molecule has 0 spiro atoms. The molecule has 0 saturated carbocycles. The fourth-order valence-corrected chi connectivity index (χ4v) is 4.55. The van der Waals surface area contributed by atoms with Crippen molar-refractivity contribution in [3.63, 3.8) is 0 Å². The average Bonchev–Trinajstić information content (AvgIpc) is 2.68. The number of hydrogen-bond donors (Lipinski definition) is 0. The van der Waals surface area contributed by atoms with Crippen LogP contribution in [-0.2, 0) is 0 Å². The first kappa shape index (κ1) is 33.3. The minimum absolute atomic E-state index is 0. The second-order valence-electron chi connectivity index (χ2n) is 7.07. The van der Waals surface area contributed by atoms with Crippen LogP contribution in [0.3, 0.4) is 0 Å². The summed E-state index contributed by atoms with van der Waals surface area (Å²) in [7, 11) is 5.87. The van der Waals surface area contributed by atoms with Crippen LogP contribution in [0.5, 0.6) is 0 Å². The van der Waals surface area contributed by atoms with Crippen molar-refractivity contribution in [3.8, 4) is 11.1 Å². The van der Waals surface area contributed by atoms with Gasteiger partial charge in [-0.15, -0.1) is 18.5 Å². The molecule has 4 aromatic rings. The van der Waals surface area contributed by atoms with Gasteiger partial charge in [-0.1, -0.05) is 80.6 Å². The van der Waals surface area contributed by atoms with Crippen molar-refractivity contribution in [2.75, 3.05) is 0 Å². The molecule has 6 heteroatoms. The van der Waals surface area contributed by atoms with Crippen LogP contribution in [0.4, 0.5) is 0 Å². The molecule has 162 valence electrons. The van der Waals surface area contributed by atoms with E-state index in [0.717, 1.165) is 0 Å². The second-order valence-corrected chi connectivity index (χ2v) is 8.31. The molecule has 0 radical (unpaired) electrons. The number of rotatable bonds is 3. The minimum atomic E-state index is 0. The molecule has 3 atom stereocenters. The van der Waals surface area contributed by atoms with Crippen molar-refractivity contribution in [2.24, 2.45) is 0 Å². The molecule has 0 aliphatic heterocycles. The summed E-state index contributed by atoms with van der Waals surface area (Å²) in [5, 5.41) is 7.72. The van der Waals surface area contributed by atoms with Crippen molar-refractivity contribution >= 4 is 50.6 Å². The van der Waals surface area contributed by atoms with Crippen molar-refractivity contribution in [1.29, 1.82) is 0 Å². The Morgan fingerprint density at radius 2 is 1.20 bits per heavy atom. The maximum absolute atomic E-state index is 2.94. The quantitative estimate of drug-likeness (QED) is 0.276. The van der Waals surface area contributed by atoms with E-state index in [2.05, 4.69) is 99.1 Å². The van der Waals surface area contributed by atoms with E-state index in [9.17, 15) is 0 Å². The molecule has 4 rings (SSSR count). The molecule has 0 fully saturated rings. The molecule has 0 aromatic heterocycles. The van der Waals surface area contributed by atoms with E-state index in [1.165, 1.54) is 55.3 Å². The van der Waals surface area contributed by atoms with Crippen molar-refractivity contribution in [2.45, 2.75) is 26.2 Å². The maximum Gasteiger partial charge on any atom is 0 e. The summed E-state index contributed by atoms with van der Waals surface area (Å²) in [6.45, 7) is 4.56. The zero-order valence-electron chi connectivity index (χ0n) is 16.7. The smallest absolute Gasteiger partial charge is 0 e. The van der Waals surface area contributed by atoms with Crippen LogP contribution in [-0.4, -0.2) is 0 Å². The van der Waals surface area contributed by atoms with Crippen LogP contribution < -0.4 is 10.6 Å². The molecule has 3 unspecified atom stereocenters. The Hall–Kier alpha value is 3.30. The van der Waals surface area contributed by atoms with Crippen molar-refractivity contribution in [3.05, 3.63) is 72.3 Å². The fourth-order valence-electron chi connectivity index (χ4n) is 3.75. The summed E-state index contributed by atoms with van der Waals surface area (Å²) in [4.78, 5) is 0. The molecule has 0 heterocycles. The summed E-state index contributed by atoms with van der Waals surface area (Å²) in [6.07, 6.45) is 1.17. The summed E-state index contributed by atoms with van der Waals surface area (Å²) in [5.74, 6) is 0.591. The van der Waals surface area contributed by atoms with Crippen LogP contribution in [0.15, 0.2) is 66.7 Å². The second kappa shape index (κ2) is 15.4. The Labute approximate surface area is 304 Å². The first-order chi connectivity index (χ1) is 12.6. The van der Waals surface area contributed by atoms with Gasteiger partial charge in [0.05, 0.1) is 0 Å². The van der Waals surface area contributed by atoms with Gasteiger partial charge in [0.2, 0.25) is 0 Å². The SMILES string of the molecule is CCC(C)c1ccc2c(-c3c(P)ccc4ccccc34)c(P)ccc2c1.[Ar].[Ar].[Ar].[Ar]. The van der Waals surface area contributed by atoms with Gasteiger partial charge in [0.1, 0.15) is 0 Å². The summed E-state index contributed by atoms with van der Waals surface area (Å²) in [5.41, 5.74) is 4.07. The van der Waals surface area contributed by atoms with E-state index in [1.807, 2.05) is 0 Å². The molecule has 0 saturated heterocycles. The first-order valence-electron chi connectivity index (χ1n) is 9.20. The van der Waals surface area contributed by atoms with E-state index >= 15 is 0 Å². The van der Waals surface area contributed by atoms with Gasteiger partial charge in [0.25, 0.3) is 0 Å². The van der Waals surface area contributed by atoms with Crippen LogP contribution in [0.2, 0.25) is 0 Å². The van der Waals surface area contributed by atoms with Gasteiger partial charge in [-0.3, -0.25) is 0 Å². The fraction of sp³-hybridized carbons (Fsp3) is 0.167. The van der Waals surface area contributed by atoms with Gasteiger partial charge in [-0.25, -0.2) is 0 Å². The van der Waals surface area contributed by atoms with E-state index in [0.29, 0.717) is 5.92 Å². The monoisotopic (exact) mass is 534 g/mol. The first-order valence-corrected chi connectivity index (χ1v) is 10.4. The summed E-state index contributed by atoms with van der Waals surface area (Å²) >= 11 is 0.